The monoisotopic (exact) mass is 153 g/mol. The van der Waals surface area contributed by atoms with Crippen LogP contribution in [0.2, 0.25) is 0 Å². The van der Waals surface area contributed by atoms with Gasteiger partial charge in [0, 0.05) is 18.5 Å². The van der Waals surface area contributed by atoms with Crippen LogP contribution in [0.5, 0.6) is 0 Å². The zero-order valence-electron chi connectivity index (χ0n) is 6.26. The summed E-state index contributed by atoms with van der Waals surface area (Å²) in [6.45, 7) is 2.33. The molecule has 0 aromatic carbocycles. The fraction of sp³-hybridized carbons (Fsp3) is 0.571. The summed E-state index contributed by atoms with van der Waals surface area (Å²) in [6, 6.07) is 0. The Labute approximate surface area is 64.7 Å². The predicted molar refractivity (Wildman–Crippen MR) is 39.8 cm³/mol. The zero-order chi connectivity index (χ0) is 7.68. The lowest BCUT2D eigenvalue weighted by atomic mass is 10.2. The molecule has 0 fully saturated rings. The molecule has 0 saturated carbocycles. The van der Waals surface area contributed by atoms with E-state index in [1.807, 2.05) is 0 Å². The summed E-state index contributed by atoms with van der Waals surface area (Å²) in [5.74, 6) is 0.980. The van der Waals surface area contributed by atoms with Gasteiger partial charge in [-0.15, -0.1) is 0 Å². The molecule has 2 heterocycles. The number of hydrogen-bond acceptors (Lipinski definition) is 4. The maximum Gasteiger partial charge on any atom is 0.155 e. The first-order valence-electron chi connectivity index (χ1n) is 3.79. The SMILES string of the molecule is NCCc1noc2c1CNC2. The molecular formula is C7H11N3O. The second-order valence-electron chi connectivity index (χ2n) is 2.67. The number of aromatic nitrogens is 1. The van der Waals surface area contributed by atoms with Gasteiger partial charge in [0.1, 0.15) is 0 Å². The minimum Gasteiger partial charge on any atom is -0.359 e. The van der Waals surface area contributed by atoms with Crippen LogP contribution in [0.4, 0.5) is 0 Å². The molecule has 0 atom stereocenters. The fourth-order valence-corrected chi connectivity index (χ4v) is 1.36. The van der Waals surface area contributed by atoms with Crippen molar-refractivity contribution in [3.8, 4) is 0 Å². The molecule has 0 amide bonds. The Morgan fingerprint density at radius 1 is 1.55 bits per heavy atom. The highest BCUT2D eigenvalue weighted by molar-refractivity contribution is 5.26. The average Bonchev–Trinajstić information content (AvgIpc) is 2.53. The van der Waals surface area contributed by atoms with Crippen molar-refractivity contribution in [1.82, 2.24) is 10.5 Å². The second-order valence-corrected chi connectivity index (χ2v) is 2.67. The highest BCUT2D eigenvalue weighted by atomic mass is 16.5. The van der Waals surface area contributed by atoms with Crippen LogP contribution in [-0.4, -0.2) is 11.7 Å². The summed E-state index contributed by atoms with van der Waals surface area (Å²) in [5, 5.41) is 7.12. The van der Waals surface area contributed by atoms with E-state index in [4.69, 9.17) is 10.3 Å². The van der Waals surface area contributed by atoms with E-state index in [9.17, 15) is 0 Å². The smallest absolute Gasteiger partial charge is 0.155 e. The Kier molecular flexibility index (Phi) is 1.63. The molecule has 1 aromatic rings. The summed E-state index contributed by atoms with van der Waals surface area (Å²) >= 11 is 0. The molecule has 4 nitrogen and oxygen atoms in total. The van der Waals surface area contributed by atoms with Gasteiger partial charge in [-0.1, -0.05) is 5.16 Å². The molecule has 0 unspecified atom stereocenters. The Morgan fingerprint density at radius 3 is 3.27 bits per heavy atom. The standard InChI is InChI=1S/C7H11N3O/c8-2-1-6-5-3-9-4-7(5)11-10-6/h9H,1-4,8H2. The summed E-state index contributed by atoms with van der Waals surface area (Å²) in [4.78, 5) is 0. The maximum atomic E-state index is 5.41. The Balaban J connectivity index is 2.27. The highest BCUT2D eigenvalue weighted by Gasteiger charge is 2.19. The van der Waals surface area contributed by atoms with Crippen molar-refractivity contribution in [3.05, 3.63) is 17.0 Å². The van der Waals surface area contributed by atoms with Crippen molar-refractivity contribution in [1.29, 1.82) is 0 Å². The molecule has 0 saturated heterocycles. The zero-order valence-corrected chi connectivity index (χ0v) is 6.26. The molecule has 0 bridgehead atoms. The van der Waals surface area contributed by atoms with Crippen LogP contribution in [0.25, 0.3) is 0 Å². The van der Waals surface area contributed by atoms with Crippen molar-refractivity contribution in [2.75, 3.05) is 6.54 Å². The van der Waals surface area contributed by atoms with Gasteiger partial charge in [0.15, 0.2) is 5.76 Å². The van der Waals surface area contributed by atoms with E-state index in [0.717, 1.165) is 31.0 Å². The molecule has 11 heavy (non-hydrogen) atoms. The van der Waals surface area contributed by atoms with E-state index in [1.165, 1.54) is 5.56 Å². The molecule has 1 aliphatic heterocycles. The van der Waals surface area contributed by atoms with Crippen LogP contribution in [-0.2, 0) is 19.5 Å². The molecule has 0 spiro atoms. The van der Waals surface area contributed by atoms with Gasteiger partial charge in [-0.25, -0.2) is 0 Å². The average molecular weight is 153 g/mol. The van der Waals surface area contributed by atoms with Crippen molar-refractivity contribution >= 4 is 0 Å². The van der Waals surface area contributed by atoms with Crippen LogP contribution in [0, 0.1) is 0 Å². The molecule has 1 aromatic heterocycles. The number of hydrogen-bond donors (Lipinski definition) is 2. The van der Waals surface area contributed by atoms with E-state index >= 15 is 0 Å². The van der Waals surface area contributed by atoms with Crippen molar-refractivity contribution in [3.63, 3.8) is 0 Å². The predicted octanol–water partition coefficient (Wildman–Crippen LogP) is -0.221. The van der Waals surface area contributed by atoms with Gasteiger partial charge >= 0.3 is 0 Å². The van der Waals surface area contributed by atoms with E-state index < -0.39 is 0 Å². The van der Waals surface area contributed by atoms with Crippen molar-refractivity contribution < 1.29 is 4.52 Å². The number of nitrogens with one attached hydrogen (secondary N) is 1. The van der Waals surface area contributed by atoms with E-state index in [1.54, 1.807) is 0 Å². The molecule has 60 valence electrons. The Bertz CT molecular complexity index is 256. The number of rotatable bonds is 2. The Morgan fingerprint density at radius 2 is 2.45 bits per heavy atom. The normalized spacial score (nSPS) is 15.4. The molecule has 4 heteroatoms. The highest BCUT2D eigenvalue weighted by Crippen LogP contribution is 2.18. The van der Waals surface area contributed by atoms with Crippen LogP contribution < -0.4 is 11.1 Å². The van der Waals surface area contributed by atoms with E-state index in [0.29, 0.717) is 6.54 Å². The van der Waals surface area contributed by atoms with Crippen molar-refractivity contribution in [2.24, 2.45) is 5.73 Å². The summed E-state index contributed by atoms with van der Waals surface area (Å²) < 4.78 is 5.09. The summed E-state index contributed by atoms with van der Waals surface area (Å²) in [5.41, 5.74) is 7.65. The van der Waals surface area contributed by atoms with Crippen LogP contribution in [0.1, 0.15) is 17.0 Å². The summed E-state index contributed by atoms with van der Waals surface area (Å²) in [7, 11) is 0. The lowest BCUT2D eigenvalue weighted by Crippen LogP contribution is -2.07. The maximum absolute atomic E-state index is 5.41. The van der Waals surface area contributed by atoms with Crippen LogP contribution in [0.3, 0.4) is 0 Å². The van der Waals surface area contributed by atoms with Gasteiger partial charge in [-0.05, 0) is 6.54 Å². The third-order valence-electron chi connectivity index (χ3n) is 1.92. The van der Waals surface area contributed by atoms with Crippen LogP contribution in [0.15, 0.2) is 4.52 Å². The first kappa shape index (κ1) is 6.82. The number of nitrogens with zero attached hydrogens (tertiary/aromatic N) is 1. The van der Waals surface area contributed by atoms with E-state index in [2.05, 4.69) is 10.5 Å². The van der Waals surface area contributed by atoms with E-state index in [-0.39, 0.29) is 0 Å². The van der Waals surface area contributed by atoms with Crippen LogP contribution >= 0.6 is 0 Å². The molecule has 0 aliphatic carbocycles. The molecule has 2 rings (SSSR count). The topological polar surface area (TPSA) is 64.1 Å². The van der Waals surface area contributed by atoms with Crippen molar-refractivity contribution in [2.45, 2.75) is 19.5 Å². The largest absolute Gasteiger partial charge is 0.359 e. The quantitative estimate of drug-likeness (QED) is 0.616. The molecule has 3 N–H and O–H groups in total. The second kappa shape index (κ2) is 2.64. The van der Waals surface area contributed by atoms with Gasteiger partial charge in [-0.3, -0.25) is 0 Å². The molecule has 0 radical (unpaired) electrons. The number of nitrogens with two attached hydrogens (primary N) is 1. The van der Waals surface area contributed by atoms with Gasteiger partial charge in [-0.2, -0.15) is 0 Å². The molecular weight excluding hydrogens is 142 g/mol. The lowest BCUT2D eigenvalue weighted by molar-refractivity contribution is 0.375. The third kappa shape index (κ3) is 1.04. The van der Waals surface area contributed by atoms with Gasteiger partial charge in [0.25, 0.3) is 0 Å². The lowest BCUT2D eigenvalue weighted by Gasteiger charge is -1.92. The fourth-order valence-electron chi connectivity index (χ4n) is 1.36. The van der Waals surface area contributed by atoms with Gasteiger partial charge in [0.05, 0.1) is 12.2 Å². The Hall–Kier alpha value is -0.870. The number of fused-ring (bicyclic) bond motifs is 1. The first-order valence-corrected chi connectivity index (χ1v) is 3.79. The minimum absolute atomic E-state index is 0.638. The molecule has 1 aliphatic rings. The van der Waals surface area contributed by atoms with Gasteiger partial charge in [0.2, 0.25) is 0 Å². The third-order valence-corrected chi connectivity index (χ3v) is 1.92. The summed E-state index contributed by atoms with van der Waals surface area (Å²) in [6.07, 6.45) is 0.820. The van der Waals surface area contributed by atoms with Gasteiger partial charge < -0.3 is 15.6 Å². The minimum atomic E-state index is 0.638. The first-order chi connectivity index (χ1) is 5.42.